The summed E-state index contributed by atoms with van der Waals surface area (Å²) in [6, 6.07) is 4.99. The summed E-state index contributed by atoms with van der Waals surface area (Å²) in [4.78, 5) is 13.5. The molecule has 2 fully saturated rings. The maximum Gasteiger partial charge on any atom is 0.409 e. The van der Waals surface area contributed by atoms with Crippen LogP contribution in [0.2, 0.25) is 5.02 Å². The number of sulfone groups is 2. The molecule has 0 aliphatic carbocycles. The van der Waals surface area contributed by atoms with Crippen LogP contribution in [-0.2, 0) is 24.4 Å². The van der Waals surface area contributed by atoms with Crippen molar-refractivity contribution in [2.45, 2.75) is 42.0 Å². The highest BCUT2D eigenvalue weighted by atomic mass is 35.5. The molecule has 0 bridgehead atoms. The Kier molecular flexibility index (Phi) is 6.77. The molecule has 1 amide bonds. The highest BCUT2D eigenvalue weighted by Crippen LogP contribution is 2.28. The lowest BCUT2D eigenvalue weighted by Gasteiger charge is -2.34. The van der Waals surface area contributed by atoms with Crippen molar-refractivity contribution in [3.63, 3.8) is 0 Å². The maximum atomic E-state index is 13.1. The molecule has 2 heterocycles. The summed E-state index contributed by atoms with van der Waals surface area (Å²) in [5, 5.41) is 2.59. The Morgan fingerprint density at radius 3 is 2.41 bits per heavy atom. The molecule has 3 rings (SSSR count). The molecule has 0 spiro atoms. The van der Waals surface area contributed by atoms with Crippen molar-refractivity contribution in [3.05, 3.63) is 29.3 Å². The number of ether oxygens (including phenoxy) is 1. The van der Waals surface area contributed by atoms with Crippen molar-refractivity contribution in [2.24, 2.45) is 0 Å². The highest BCUT2D eigenvalue weighted by Gasteiger charge is 2.46. The van der Waals surface area contributed by atoms with Crippen molar-refractivity contribution in [2.75, 3.05) is 31.2 Å². The second-order valence-electron chi connectivity index (χ2n) is 7.35. The van der Waals surface area contributed by atoms with Crippen molar-refractivity contribution in [3.8, 4) is 0 Å². The molecule has 2 atom stereocenters. The van der Waals surface area contributed by atoms with E-state index in [1.54, 1.807) is 11.8 Å². The Labute approximate surface area is 176 Å². The van der Waals surface area contributed by atoms with Crippen molar-refractivity contribution in [1.82, 2.24) is 10.2 Å². The predicted octanol–water partition coefficient (Wildman–Crippen LogP) is 1.49. The third-order valence-electron chi connectivity index (χ3n) is 5.31. The van der Waals surface area contributed by atoms with E-state index in [2.05, 4.69) is 5.32 Å². The number of carbonyl (C=O) groups excluding carboxylic acids is 1. The summed E-state index contributed by atoms with van der Waals surface area (Å²) in [7, 11) is -7.32. The van der Waals surface area contributed by atoms with Gasteiger partial charge in [0.25, 0.3) is 0 Å². The second-order valence-corrected chi connectivity index (χ2v) is 12.1. The molecule has 8 nitrogen and oxygen atoms in total. The quantitative estimate of drug-likeness (QED) is 0.702. The molecule has 2 aliphatic rings. The lowest BCUT2D eigenvalue weighted by Crippen LogP contribution is -2.52. The SMILES string of the molecule is CCOC(=O)N1CCC(NC2CS(=O)(=O)CC2S(=O)(=O)c2ccc(Cl)cc2)CC1. The molecular formula is C18H25ClN2O6S2. The monoisotopic (exact) mass is 464 g/mol. The topological polar surface area (TPSA) is 110 Å². The van der Waals surface area contributed by atoms with Gasteiger partial charge in [0, 0.05) is 30.2 Å². The largest absolute Gasteiger partial charge is 0.450 e. The van der Waals surface area contributed by atoms with Gasteiger partial charge in [-0.3, -0.25) is 0 Å². The summed E-state index contributed by atoms with van der Waals surface area (Å²) in [5.41, 5.74) is 0. The smallest absolute Gasteiger partial charge is 0.409 e. The van der Waals surface area contributed by atoms with Crippen LogP contribution in [-0.4, -0.2) is 76.4 Å². The number of hydrogen-bond donors (Lipinski definition) is 1. The van der Waals surface area contributed by atoms with Gasteiger partial charge in [0.1, 0.15) is 0 Å². The van der Waals surface area contributed by atoms with Crippen LogP contribution in [0.5, 0.6) is 0 Å². The third-order valence-corrected chi connectivity index (χ3v) is 9.73. The first-order valence-corrected chi connectivity index (χ1v) is 13.2. The predicted molar refractivity (Wildman–Crippen MR) is 110 cm³/mol. The third kappa shape index (κ3) is 5.22. The molecule has 1 aromatic rings. The number of nitrogens with one attached hydrogen (secondary N) is 1. The Morgan fingerprint density at radius 2 is 1.83 bits per heavy atom. The number of amides is 1. The van der Waals surface area contributed by atoms with Crippen LogP contribution < -0.4 is 5.32 Å². The highest BCUT2D eigenvalue weighted by molar-refractivity contribution is 7.96. The van der Waals surface area contributed by atoms with Crippen LogP contribution in [0.4, 0.5) is 4.79 Å². The summed E-state index contributed by atoms with van der Waals surface area (Å²) >= 11 is 5.84. The number of nitrogens with zero attached hydrogens (tertiary/aromatic N) is 1. The molecule has 2 saturated heterocycles. The average Bonchev–Trinajstić information content (AvgIpc) is 2.98. The molecule has 1 aromatic carbocycles. The van der Waals surface area contributed by atoms with E-state index in [0.717, 1.165) is 0 Å². The van der Waals surface area contributed by atoms with Gasteiger partial charge in [0.2, 0.25) is 0 Å². The molecule has 1 N–H and O–H groups in total. The summed E-state index contributed by atoms with van der Waals surface area (Å²) in [5.74, 6) is -0.625. The van der Waals surface area contributed by atoms with E-state index < -0.39 is 36.7 Å². The standard InChI is InChI=1S/C18H25ClN2O6S2/c1-2-27-18(22)21-9-7-14(8-10-21)20-16-11-28(23,24)12-17(16)29(25,26)15-5-3-13(19)4-6-15/h3-6,14,16-17,20H,2,7-12H2,1H3. The number of hydrogen-bond acceptors (Lipinski definition) is 7. The molecule has 162 valence electrons. The normalized spacial score (nSPS) is 25.1. The van der Waals surface area contributed by atoms with Gasteiger partial charge < -0.3 is 15.0 Å². The summed E-state index contributed by atoms with van der Waals surface area (Å²) in [6.45, 7) is 3.00. The van der Waals surface area contributed by atoms with Gasteiger partial charge in [-0.25, -0.2) is 21.6 Å². The van der Waals surface area contributed by atoms with E-state index in [0.29, 0.717) is 37.6 Å². The van der Waals surface area contributed by atoms with Gasteiger partial charge in [0.05, 0.1) is 28.3 Å². The van der Waals surface area contributed by atoms with Gasteiger partial charge >= 0.3 is 6.09 Å². The van der Waals surface area contributed by atoms with Crippen LogP contribution >= 0.6 is 11.6 Å². The number of rotatable bonds is 5. The Morgan fingerprint density at radius 1 is 1.21 bits per heavy atom. The van der Waals surface area contributed by atoms with E-state index in [-0.39, 0.29) is 22.8 Å². The lowest BCUT2D eigenvalue weighted by atomic mass is 10.0. The van der Waals surface area contributed by atoms with Gasteiger partial charge in [0.15, 0.2) is 19.7 Å². The second kappa shape index (κ2) is 8.79. The van der Waals surface area contributed by atoms with Crippen LogP contribution in [0.15, 0.2) is 29.2 Å². The Balaban J connectivity index is 1.71. The zero-order chi connectivity index (χ0) is 21.2. The van der Waals surface area contributed by atoms with Crippen LogP contribution in [0.1, 0.15) is 19.8 Å². The zero-order valence-electron chi connectivity index (χ0n) is 16.1. The Bertz CT molecular complexity index is 941. The molecule has 29 heavy (non-hydrogen) atoms. The molecule has 2 unspecified atom stereocenters. The number of piperidine rings is 1. The minimum absolute atomic E-state index is 0.0629. The molecule has 0 saturated carbocycles. The first kappa shape index (κ1) is 22.3. The summed E-state index contributed by atoms with van der Waals surface area (Å²) in [6.07, 6.45) is 0.837. The van der Waals surface area contributed by atoms with Crippen molar-refractivity contribution < 1.29 is 26.4 Å². The summed E-state index contributed by atoms with van der Waals surface area (Å²) < 4.78 is 55.6. The molecule has 11 heteroatoms. The number of carbonyl (C=O) groups is 1. The minimum Gasteiger partial charge on any atom is -0.450 e. The van der Waals surface area contributed by atoms with Gasteiger partial charge in [-0.05, 0) is 44.0 Å². The maximum absolute atomic E-state index is 13.1. The number of halogens is 1. The van der Waals surface area contributed by atoms with E-state index in [1.807, 2.05) is 0 Å². The van der Waals surface area contributed by atoms with Crippen LogP contribution in [0.3, 0.4) is 0 Å². The number of likely N-dealkylation sites (tertiary alicyclic amines) is 1. The fourth-order valence-corrected chi connectivity index (χ4v) is 8.63. The lowest BCUT2D eigenvalue weighted by molar-refractivity contribution is 0.0945. The van der Waals surface area contributed by atoms with Gasteiger partial charge in [-0.1, -0.05) is 11.6 Å². The fourth-order valence-electron chi connectivity index (χ4n) is 3.82. The van der Waals surface area contributed by atoms with E-state index in [9.17, 15) is 21.6 Å². The Hall–Kier alpha value is -1.36. The van der Waals surface area contributed by atoms with Gasteiger partial charge in [-0.2, -0.15) is 0 Å². The van der Waals surface area contributed by atoms with Gasteiger partial charge in [-0.15, -0.1) is 0 Å². The molecule has 0 radical (unpaired) electrons. The average molecular weight is 465 g/mol. The minimum atomic E-state index is -3.84. The first-order valence-electron chi connectivity index (χ1n) is 9.50. The molecule has 2 aliphatic heterocycles. The van der Waals surface area contributed by atoms with E-state index >= 15 is 0 Å². The van der Waals surface area contributed by atoms with Crippen molar-refractivity contribution >= 4 is 37.4 Å². The first-order chi connectivity index (χ1) is 13.6. The molecule has 0 aromatic heterocycles. The van der Waals surface area contributed by atoms with E-state index in [1.165, 1.54) is 24.3 Å². The fraction of sp³-hybridized carbons (Fsp3) is 0.611. The van der Waals surface area contributed by atoms with Crippen LogP contribution in [0, 0.1) is 0 Å². The van der Waals surface area contributed by atoms with E-state index in [4.69, 9.17) is 16.3 Å². The van der Waals surface area contributed by atoms with Crippen molar-refractivity contribution in [1.29, 1.82) is 0 Å². The van der Waals surface area contributed by atoms with Crippen LogP contribution in [0.25, 0.3) is 0 Å². The zero-order valence-corrected chi connectivity index (χ0v) is 18.5. The number of benzene rings is 1. The molecular weight excluding hydrogens is 440 g/mol.